The first-order chi connectivity index (χ1) is 6.97. The molecule has 0 bridgehead atoms. The van der Waals surface area contributed by atoms with Crippen LogP contribution in [0.25, 0.3) is 0 Å². The molecule has 1 unspecified atom stereocenters. The lowest BCUT2D eigenvalue weighted by Crippen LogP contribution is -2.47. The van der Waals surface area contributed by atoms with Crippen LogP contribution in [-0.2, 0) is 4.79 Å². The Kier molecular flexibility index (Phi) is 3.82. The van der Waals surface area contributed by atoms with Crippen molar-refractivity contribution in [2.24, 2.45) is 5.73 Å². The van der Waals surface area contributed by atoms with Crippen molar-refractivity contribution in [1.82, 2.24) is 4.98 Å². The molecule has 0 fully saturated rings. The average Bonchev–Trinajstić information content (AvgIpc) is 2.21. The fourth-order valence-corrected chi connectivity index (χ4v) is 1.25. The van der Waals surface area contributed by atoms with Crippen LogP contribution in [-0.4, -0.2) is 16.4 Å². The molecule has 0 saturated heterocycles. The molecule has 5 heteroatoms. The molecule has 1 aromatic heterocycles. The zero-order valence-corrected chi connectivity index (χ0v) is 10.3. The topological polar surface area (TPSA) is 68.0 Å². The summed E-state index contributed by atoms with van der Waals surface area (Å²) >= 11 is 3.30. The van der Waals surface area contributed by atoms with Crippen LogP contribution in [0.3, 0.4) is 0 Å². The Balaban J connectivity index is 2.80. The SMILES string of the molecule is CCC(C)(N)C(=O)Nc1ccncc1Br. The molecule has 0 radical (unpaired) electrons. The number of aromatic nitrogens is 1. The minimum absolute atomic E-state index is 0.197. The van der Waals surface area contributed by atoms with Gasteiger partial charge >= 0.3 is 0 Å². The third kappa shape index (κ3) is 3.00. The number of rotatable bonds is 3. The fraction of sp³-hybridized carbons (Fsp3) is 0.400. The average molecular weight is 272 g/mol. The third-order valence-corrected chi connectivity index (χ3v) is 2.91. The van der Waals surface area contributed by atoms with Gasteiger partial charge in [-0.05, 0) is 35.3 Å². The minimum Gasteiger partial charge on any atom is -0.323 e. The first-order valence-electron chi connectivity index (χ1n) is 4.67. The number of nitrogens with one attached hydrogen (secondary N) is 1. The molecule has 0 aliphatic rings. The van der Waals surface area contributed by atoms with E-state index in [1.165, 1.54) is 0 Å². The Labute approximate surface area is 97.4 Å². The van der Waals surface area contributed by atoms with Crippen molar-refractivity contribution in [3.05, 3.63) is 22.9 Å². The van der Waals surface area contributed by atoms with Gasteiger partial charge in [-0.15, -0.1) is 0 Å². The second-order valence-corrected chi connectivity index (χ2v) is 4.44. The van der Waals surface area contributed by atoms with Crippen molar-refractivity contribution >= 4 is 27.5 Å². The molecule has 3 N–H and O–H groups in total. The van der Waals surface area contributed by atoms with Crippen molar-refractivity contribution in [2.75, 3.05) is 5.32 Å². The molecule has 0 aliphatic carbocycles. The van der Waals surface area contributed by atoms with Crippen molar-refractivity contribution in [1.29, 1.82) is 0 Å². The van der Waals surface area contributed by atoms with E-state index in [9.17, 15) is 4.79 Å². The zero-order valence-electron chi connectivity index (χ0n) is 8.75. The Hall–Kier alpha value is -0.940. The summed E-state index contributed by atoms with van der Waals surface area (Å²) in [7, 11) is 0. The summed E-state index contributed by atoms with van der Waals surface area (Å²) in [5, 5.41) is 2.75. The van der Waals surface area contributed by atoms with Crippen molar-refractivity contribution in [3.63, 3.8) is 0 Å². The Morgan fingerprint density at radius 1 is 1.73 bits per heavy atom. The zero-order chi connectivity index (χ0) is 11.5. The predicted octanol–water partition coefficient (Wildman–Crippen LogP) is 1.91. The molecular formula is C10H14BrN3O. The molecule has 0 spiro atoms. The second kappa shape index (κ2) is 4.72. The summed E-state index contributed by atoms with van der Waals surface area (Å²) in [5.74, 6) is -0.197. The van der Waals surface area contributed by atoms with Crippen LogP contribution < -0.4 is 11.1 Å². The number of carbonyl (C=O) groups excluding carboxylic acids is 1. The summed E-state index contributed by atoms with van der Waals surface area (Å²) in [5.41, 5.74) is 5.65. The Bertz CT molecular complexity index is 365. The number of nitrogens with two attached hydrogens (primary N) is 1. The molecule has 1 aromatic rings. The maximum absolute atomic E-state index is 11.7. The lowest BCUT2D eigenvalue weighted by atomic mass is 9.99. The number of amides is 1. The molecule has 0 aliphatic heterocycles. The highest BCUT2D eigenvalue weighted by atomic mass is 79.9. The number of halogens is 1. The highest BCUT2D eigenvalue weighted by molar-refractivity contribution is 9.10. The minimum atomic E-state index is -0.845. The van der Waals surface area contributed by atoms with E-state index in [1.54, 1.807) is 25.4 Å². The number of pyridine rings is 1. The summed E-state index contributed by atoms with van der Waals surface area (Å²) in [6.07, 6.45) is 3.82. The molecule has 1 heterocycles. The molecule has 15 heavy (non-hydrogen) atoms. The summed E-state index contributed by atoms with van der Waals surface area (Å²) in [4.78, 5) is 15.6. The van der Waals surface area contributed by atoms with Crippen LogP contribution in [0.2, 0.25) is 0 Å². The van der Waals surface area contributed by atoms with E-state index in [0.29, 0.717) is 12.1 Å². The van der Waals surface area contributed by atoms with E-state index in [1.807, 2.05) is 6.92 Å². The standard InChI is InChI=1S/C10H14BrN3O/c1-3-10(2,12)9(15)14-8-4-5-13-6-7(8)11/h4-6H,3,12H2,1-2H3,(H,13,14,15). The van der Waals surface area contributed by atoms with E-state index in [0.717, 1.165) is 4.47 Å². The van der Waals surface area contributed by atoms with Crippen molar-refractivity contribution in [2.45, 2.75) is 25.8 Å². The fourth-order valence-electron chi connectivity index (χ4n) is 0.902. The van der Waals surface area contributed by atoms with Gasteiger partial charge in [0.25, 0.3) is 0 Å². The largest absolute Gasteiger partial charge is 0.323 e. The number of hydrogen-bond donors (Lipinski definition) is 2. The smallest absolute Gasteiger partial charge is 0.244 e. The van der Waals surface area contributed by atoms with Crippen LogP contribution in [0.4, 0.5) is 5.69 Å². The van der Waals surface area contributed by atoms with Gasteiger partial charge in [-0.3, -0.25) is 9.78 Å². The number of hydrogen-bond acceptors (Lipinski definition) is 3. The van der Waals surface area contributed by atoms with E-state index >= 15 is 0 Å². The van der Waals surface area contributed by atoms with Gasteiger partial charge in [-0.1, -0.05) is 6.92 Å². The molecule has 1 amide bonds. The molecule has 82 valence electrons. The summed E-state index contributed by atoms with van der Waals surface area (Å²) in [6, 6.07) is 1.72. The van der Waals surface area contributed by atoms with Gasteiger partial charge < -0.3 is 11.1 Å². The van der Waals surface area contributed by atoms with Crippen LogP contribution in [0.15, 0.2) is 22.9 Å². The van der Waals surface area contributed by atoms with Crippen molar-refractivity contribution in [3.8, 4) is 0 Å². The Morgan fingerprint density at radius 2 is 2.40 bits per heavy atom. The first kappa shape index (κ1) is 12.1. The first-order valence-corrected chi connectivity index (χ1v) is 5.46. The summed E-state index contributed by atoms with van der Waals surface area (Å²) in [6.45, 7) is 3.58. The van der Waals surface area contributed by atoms with Gasteiger partial charge in [-0.2, -0.15) is 0 Å². The van der Waals surface area contributed by atoms with E-state index in [4.69, 9.17) is 5.73 Å². The van der Waals surface area contributed by atoms with Gasteiger partial charge in [0.05, 0.1) is 15.7 Å². The van der Waals surface area contributed by atoms with E-state index < -0.39 is 5.54 Å². The molecule has 0 aromatic carbocycles. The van der Waals surface area contributed by atoms with Crippen LogP contribution in [0, 0.1) is 0 Å². The molecule has 1 atom stereocenters. The molecule has 1 rings (SSSR count). The maximum Gasteiger partial charge on any atom is 0.244 e. The quantitative estimate of drug-likeness (QED) is 0.883. The van der Waals surface area contributed by atoms with Crippen LogP contribution in [0.5, 0.6) is 0 Å². The normalized spacial score (nSPS) is 14.4. The number of anilines is 1. The molecule has 0 saturated carbocycles. The number of carbonyl (C=O) groups is 1. The predicted molar refractivity (Wildman–Crippen MR) is 63.5 cm³/mol. The lowest BCUT2D eigenvalue weighted by molar-refractivity contribution is -0.120. The Morgan fingerprint density at radius 3 is 2.93 bits per heavy atom. The second-order valence-electron chi connectivity index (χ2n) is 3.58. The molecule has 4 nitrogen and oxygen atoms in total. The van der Waals surface area contributed by atoms with Gasteiger partial charge in [0.15, 0.2) is 0 Å². The maximum atomic E-state index is 11.7. The van der Waals surface area contributed by atoms with Gasteiger partial charge in [0.2, 0.25) is 5.91 Å². The number of nitrogens with zero attached hydrogens (tertiary/aromatic N) is 1. The van der Waals surface area contributed by atoms with Gasteiger partial charge in [0, 0.05) is 12.4 Å². The highest BCUT2D eigenvalue weighted by Gasteiger charge is 2.26. The van der Waals surface area contributed by atoms with Gasteiger partial charge in [-0.25, -0.2) is 0 Å². The van der Waals surface area contributed by atoms with E-state index in [-0.39, 0.29) is 5.91 Å². The van der Waals surface area contributed by atoms with E-state index in [2.05, 4.69) is 26.2 Å². The van der Waals surface area contributed by atoms with Crippen LogP contribution in [0.1, 0.15) is 20.3 Å². The van der Waals surface area contributed by atoms with Crippen LogP contribution >= 0.6 is 15.9 Å². The monoisotopic (exact) mass is 271 g/mol. The lowest BCUT2D eigenvalue weighted by Gasteiger charge is -2.21. The summed E-state index contributed by atoms with van der Waals surface area (Å²) < 4.78 is 0.741. The molecular weight excluding hydrogens is 258 g/mol. The van der Waals surface area contributed by atoms with Gasteiger partial charge in [0.1, 0.15) is 0 Å². The highest BCUT2D eigenvalue weighted by Crippen LogP contribution is 2.21. The third-order valence-electron chi connectivity index (χ3n) is 2.27. The van der Waals surface area contributed by atoms with Crippen molar-refractivity contribution < 1.29 is 4.79 Å².